The average Bonchev–Trinajstić information content (AvgIpc) is 2.37. The molecule has 0 fully saturated rings. The molecule has 5 heteroatoms. The predicted octanol–water partition coefficient (Wildman–Crippen LogP) is 1.76. The number of carbonyl (C=O) groups excluding carboxylic acids is 2. The van der Waals surface area contributed by atoms with Crippen molar-refractivity contribution in [1.29, 1.82) is 0 Å². The summed E-state index contributed by atoms with van der Waals surface area (Å²) in [6.07, 6.45) is 0. The first-order valence-electron chi connectivity index (χ1n) is 5.59. The number of nitrogens with one attached hydrogen (secondary N) is 1. The molecule has 0 bridgehead atoms. The molecule has 0 aliphatic carbocycles. The Morgan fingerprint density at radius 2 is 1.94 bits per heavy atom. The summed E-state index contributed by atoms with van der Waals surface area (Å²) >= 11 is 1.43. The molecule has 1 N–H and O–H groups in total. The smallest absolute Gasteiger partial charge is 0.328 e. The van der Waals surface area contributed by atoms with E-state index in [4.69, 9.17) is 0 Å². The van der Waals surface area contributed by atoms with Gasteiger partial charge in [0.25, 0.3) is 0 Å². The van der Waals surface area contributed by atoms with Crippen LogP contribution < -0.4 is 5.32 Å². The van der Waals surface area contributed by atoms with Gasteiger partial charge in [-0.05, 0) is 26.0 Å². The van der Waals surface area contributed by atoms with E-state index < -0.39 is 12.0 Å². The molecule has 0 saturated heterocycles. The highest BCUT2D eigenvalue weighted by Crippen LogP contribution is 2.17. The normalized spacial score (nSPS) is 11.7. The maximum Gasteiger partial charge on any atom is 0.328 e. The maximum absolute atomic E-state index is 11.6. The number of methoxy groups -OCH3 is 1. The van der Waals surface area contributed by atoms with E-state index in [2.05, 4.69) is 10.1 Å². The molecule has 1 aromatic rings. The molecular formula is C13H17NO3S. The Balaban J connectivity index is 2.37. The second-order valence-electron chi connectivity index (χ2n) is 3.91. The van der Waals surface area contributed by atoms with Crippen LogP contribution in [0.25, 0.3) is 0 Å². The molecular weight excluding hydrogens is 250 g/mol. The fraction of sp³-hybridized carbons (Fsp3) is 0.385. The van der Waals surface area contributed by atoms with Crippen LogP contribution in [0.5, 0.6) is 0 Å². The highest BCUT2D eigenvalue weighted by atomic mass is 32.2. The molecule has 0 heterocycles. The molecule has 0 spiro atoms. The van der Waals surface area contributed by atoms with E-state index in [1.807, 2.05) is 31.2 Å². The lowest BCUT2D eigenvalue weighted by atomic mass is 10.2. The molecule has 4 nitrogen and oxygen atoms in total. The van der Waals surface area contributed by atoms with Gasteiger partial charge in [0.2, 0.25) is 5.91 Å². The summed E-state index contributed by atoms with van der Waals surface area (Å²) in [5, 5.41) is 2.58. The number of hydrogen-bond donors (Lipinski definition) is 1. The minimum atomic E-state index is -0.610. The zero-order valence-corrected chi connectivity index (χ0v) is 11.5. The number of thioether (sulfide) groups is 1. The van der Waals surface area contributed by atoms with Gasteiger partial charge in [0, 0.05) is 4.90 Å². The third-order valence-electron chi connectivity index (χ3n) is 2.32. The zero-order chi connectivity index (χ0) is 13.5. The first-order chi connectivity index (χ1) is 8.52. The van der Waals surface area contributed by atoms with Crippen LogP contribution >= 0.6 is 11.8 Å². The number of carbonyl (C=O) groups is 2. The number of esters is 1. The van der Waals surface area contributed by atoms with Crippen LogP contribution in [0.3, 0.4) is 0 Å². The van der Waals surface area contributed by atoms with Gasteiger partial charge in [0.1, 0.15) is 6.04 Å². The number of aryl methyl sites for hydroxylation is 1. The predicted molar refractivity (Wildman–Crippen MR) is 71.5 cm³/mol. The van der Waals surface area contributed by atoms with E-state index in [0.717, 1.165) is 4.90 Å². The quantitative estimate of drug-likeness (QED) is 0.652. The summed E-state index contributed by atoms with van der Waals surface area (Å²) in [7, 11) is 1.30. The Morgan fingerprint density at radius 1 is 1.33 bits per heavy atom. The van der Waals surface area contributed by atoms with Crippen LogP contribution in [0.4, 0.5) is 0 Å². The number of rotatable bonds is 5. The molecule has 98 valence electrons. The van der Waals surface area contributed by atoms with Crippen molar-refractivity contribution in [3.8, 4) is 0 Å². The molecule has 0 radical (unpaired) electrons. The van der Waals surface area contributed by atoms with Gasteiger partial charge in [-0.25, -0.2) is 4.79 Å². The Bertz CT molecular complexity index is 417. The van der Waals surface area contributed by atoms with Crippen LogP contribution in [-0.2, 0) is 14.3 Å². The van der Waals surface area contributed by atoms with E-state index in [1.165, 1.54) is 24.4 Å². The van der Waals surface area contributed by atoms with Gasteiger partial charge in [0.15, 0.2) is 0 Å². The van der Waals surface area contributed by atoms with Gasteiger partial charge in [-0.15, -0.1) is 11.8 Å². The summed E-state index contributed by atoms with van der Waals surface area (Å²) in [6, 6.07) is 7.32. The van der Waals surface area contributed by atoms with Crippen molar-refractivity contribution in [3.05, 3.63) is 29.8 Å². The topological polar surface area (TPSA) is 55.4 Å². The maximum atomic E-state index is 11.6. The van der Waals surface area contributed by atoms with Crippen molar-refractivity contribution < 1.29 is 14.3 Å². The number of hydrogen-bond acceptors (Lipinski definition) is 4. The molecule has 0 aliphatic rings. The van der Waals surface area contributed by atoms with Gasteiger partial charge < -0.3 is 10.1 Å². The summed E-state index contributed by atoms with van der Waals surface area (Å²) < 4.78 is 4.53. The lowest BCUT2D eigenvalue weighted by Gasteiger charge is -2.11. The van der Waals surface area contributed by atoms with Crippen molar-refractivity contribution in [2.45, 2.75) is 24.8 Å². The van der Waals surface area contributed by atoms with E-state index in [0.29, 0.717) is 0 Å². The van der Waals surface area contributed by atoms with Gasteiger partial charge in [-0.2, -0.15) is 0 Å². The van der Waals surface area contributed by atoms with Crippen LogP contribution in [0.1, 0.15) is 12.5 Å². The van der Waals surface area contributed by atoms with Crippen molar-refractivity contribution >= 4 is 23.6 Å². The second kappa shape index (κ2) is 7.06. The van der Waals surface area contributed by atoms with E-state index in [-0.39, 0.29) is 11.7 Å². The molecule has 1 unspecified atom stereocenters. The summed E-state index contributed by atoms with van der Waals surface area (Å²) in [4.78, 5) is 23.7. The Kier molecular flexibility index (Phi) is 5.71. The second-order valence-corrected chi connectivity index (χ2v) is 4.96. The minimum Gasteiger partial charge on any atom is -0.467 e. The third kappa shape index (κ3) is 4.79. The van der Waals surface area contributed by atoms with E-state index in [1.54, 1.807) is 6.92 Å². The lowest BCUT2D eigenvalue weighted by molar-refractivity contribution is -0.144. The SMILES string of the molecule is COC(=O)C(C)NC(=O)CSc1ccc(C)cc1. The Labute approximate surface area is 111 Å². The van der Waals surface area contributed by atoms with Crippen LogP contribution in [0.15, 0.2) is 29.2 Å². The Hall–Kier alpha value is -1.49. The Morgan fingerprint density at radius 3 is 2.50 bits per heavy atom. The molecule has 0 saturated carbocycles. The molecule has 1 atom stereocenters. The fourth-order valence-electron chi connectivity index (χ4n) is 1.30. The van der Waals surface area contributed by atoms with Crippen molar-refractivity contribution in [1.82, 2.24) is 5.32 Å². The van der Waals surface area contributed by atoms with Gasteiger partial charge in [-0.3, -0.25) is 4.79 Å². The van der Waals surface area contributed by atoms with Crippen LogP contribution in [-0.4, -0.2) is 30.8 Å². The van der Waals surface area contributed by atoms with Crippen molar-refractivity contribution in [2.75, 3.05) is 12.9 Å². The molecule has 1 amide bonds. The van der Waals surface area contributed by atoms with Gasteiger partial charge in [-0.1, -0.05) is 17.7 Å². The number of benzene rings is 1. The van der Waals surface area contributed by atoms with E-state index >= 15 is 0 Å². The van der Waals surface area contributed by atoms with Crippen molar-refractivity contribution in [3.63, 3.8) is 0 Å². The van der Waals surface area contributed by atoms with Gasteiger partial charge >= 0.3 is 5.97 Å². The van der Waals surface area contributed by atoms with Crippen LogP contribution in [0.2, 0.25) is 0 Å². The monoisotopic (exact) mass is 267 g/mol. The molecule has 1 aromatic carbocycles. The number of amides is 1. The van der Waals surface area contributed by atoms with Crippen LogP contribution in [0, 0.1) is 6.92 Å². The molecule has 1 rings (SSSR count). The first-order valence-corrected chi connectivity index (χ1v) is 6.58. The summed E-state index contributed by atoms with van der Waals surface area (Å²) in [6.45, 7) is 3.61. The highest BCUT2D eigenvalue weighted by molar-refractivity contribution is 8.00. The summed E-state index contributed by atoms with van der Waals surface area (Å²) in [5.41, 5.74) is 1.18. The average molecular weight is 267 g/mol. The minimum absolute atomic E-state index is 0.182. The highest BCUT2D eigenvalue weighted by Gasteiger charge is 2.15. The molecule has 18 heavy (non-hydrogen) atoms. The van der Waals surface area contributed by atoms with Crippen molar-refractivity contribution in [2.24, 2.45) is 0 Å². The fourth-order valence-corrected chi connectivity index (χ4v) is 2.01. The van der Waals surface area contributed by atoms with E-state index in [9.17, 15) is 9.59 Å². The number of ether oxygens (including phenoxy) is 1. The van der Waals surface area contributed by atoms with Gasteiger partial charge in [0.05, 0.1) is 12.9 Å². The molecule has 0 aliphatic heterocycles. The third-order valence-corrected chi connectivity index (χ3v) is 3.34. The standard InChI is InChI=1S/C13H17NO3S/c1-9-4-6-11(7-5-9)18-8-12(15)14-10(2)13(16)17-3/h4-7,10H,8H2,1-3H3,(H,14,15). The summed E-state index contributed by atoms with van der Waals surface area (Å²) in [5.74, 6) is -0.341. The first kappa shape index (κ1) is 14.6. The largest absolute Gasteiger partial charge is 0.467 e. The lowest BCUT2D eigenvalue weighted by Crippen LogP contribution is -2.40. The molecule has 0 aromatic heterocycles. The zero-order valence-electron chi connectivity index (χ0n) is 10.7.